The Hall–Kier alpha value is -1.12. The van der Waals surface area contributed by atoms with Crippen LogP contribution in [0.5, 0.6) is 0 Å². The van der Waals surface area contributed by atoms with E-state index in [1.165, 1.54) is 12.7 Å². The van der Waals surface area contributed by atoms with Crippen LogP contribution >= 0.6 is 7.81 Å². The molecule has 1 unspecified atom stereocenters. The Balaban J connectivity index is 0.000000758. The number of esters is 1. The van der Waals surface area contributed by atoms with Crippen molar-refractivity contribution >= 4 is 21.9 Å². The number of ether oxygens (including phenoxy) is 1. The Labute approximate surface area is 150 Å². The van der Waals surface area contributed by atoms with E-state index in [4.69, 9.17) is 4.74 Å². The molecular formula is C15H26F6NO2PSi. The molecule has 0 N–H and O–H groups in total. The molecular weight excluding hydrogens is 399 g/mol. The summed E-state index contributed by atoms with van der Waals surface area (Å²) < 4.78 is 64.7. The van der Waals surface area contributed by atoms with Crippen LogP contribution in [0.2, 0.25) is 19.6 Å². The van der Waals surface area contributed by atoms with Crippen LogP contribution in [0.4, 0.5) is 25.2 Å². The number of halogens is 6. The minimum absolute atomic E-state index is 0.149. The number of rotatable bonds is 5. The number of hydrogen-bond acceptors (Lipinski definition) is 2. The van der Waals surface area contributed by atoms with E-state index in [0.29, 0.717) is 16.7 Å². The van der Waals surface area contributed by atoms with Crippen molar-refractivity contribution in [2.75, 3.05) is 27.7 Å². The first-order chi connectivity index (χ1) is 11.1. The van der Waals surface area contributed by atoms with Crippen molar-refractivity contribution in [1.82, 2.24) is 0 Å². The summed E-state index contributed by atoms with van der Waals surface area (Å²) in [5.41, 5.74) is 1.68. The zero-order chi connectivity index (χ0) is 21.1. The zero-order valence-electron chi connectivity index (χ0n) is 15.6. The van der Waals surface area contributed by atoms with E-state index < -0.39 is 15.9 Å². The maximum absolute atomic E-state index is 11.7. The van der Waals surface area contributed by atoms with E-state index in [1.807, 2.05) is 6.07 Å². The van der Waals surface area contributed by atoms with Crippen molar-refractivity contribution in [2.45, 2.75) is 25.3 Å². The van der Waals surface area contributed by atoms with Gasteiger partial charge in [0.2, 0.25) is 0 Å². The third-order valence-electron chi connectivity index (χ3n) is 3.40. The fraction of sp³-hybridized carbons (Fsp3) is 0.533. The second kappa shape index (κ2) is 7.13. The summed E-state index contributed by atoms with van der Waals surface area (Å²) in [5, 5.41) is 0. The Morgan fingerprint density at radius 2 is 1.42 bits per heavy atom. The standard InChI is InChI=1S/C15H26NO2Si.F6P/c1-16(2,12-14(17)18-3)15(19(4,5)6)13-10-8-7-9-11-13;1-7(2,3,4,5)6/h7-11,15H,12H2,1-6H3;/q+1;-1. The molecule has 1 aromatic rings. The Bertz CT molecular complexity index is 603. The molecule has 11 heteroatoms. The number of quaternary nitrogens is 1. The summed E-state index contributed by atoms with van der Waals surface area (Å²) in [4.78, 5) is 11.7. The Morgan fingerprint density at radius 3 is 1.73 bits per heavy atom. The first kappa shape index (κ1) is 24.9. The van der Waals surface area contributed by atoms with E-state index in [9.17, 15) is 30.0 Å². The third-order valence-corrected chi connectivity index (χ3v) is 6.07. The van der Waals surface area contributed by atoms with E-state index in [1.54, 1.807) is 0 Å². The molecule has 26 heavy (non-hydrogen) atoms. The van der Waals surface area contributed by atoms with Gasteiger partial charge < -0.3 is 9.22 Å². The van der Waals surface area contributed by atoms with Crippen LogP contribution in [-0.2, 0) is 9.53 Å². The minimum atomic E-state index is -10.7. The van der Waals surface area contributed by atoms with Gasteiger partial charge >= 0.3 is 39.0 Å². The Morgan fingerprint density at radius 1 is 1.04 bits per heavy atom. The van der Waals surface area contributed by atoms with E-state index in [2.05, 4.69) is 58.0 Å². The number of carbonyl (C=O) groups is 1. The van der Waals surface area contributed by atoms with E-state index >= 15 is 0 Å². The van der Waals surface area contributed by atoms with E-state index in [0.717, 1.165) is 0 Å². The molecule has 0 aromatic heterocycles. The molecule has 0 fully saturated rings. The van der Waals surface area contributed by atoms with Gasteiger partial charge in [0.15, 0.2) is 6.54 Å². The van der Waals surface area contributed by atoms with Crippen LogP contribution in [0.3, 0.4) is 0 Å². The number of nitrogens with zero attached hydrogens (tertiary/aromatic N) is 1. The molecule has 0 saturated heterocycles. The van der Waals surface area contributed by atoms with Crippen LogP contribution in [0.25, 0.3) is 0 Å². The van der Waals surface area contributed by atoms with Gasteiger partial charge in [-0.05, 0) is 0 Å². The number of likely N-dealkylation sites (N-methyl/N-ethyl adjacent to an activating group) is 1. The molecule has 0 heterocycles. The number of hydrogen-bond donors (Lipinski definition) is 0. The van der Waals surface area contributed by atoms with E-state index in [-0.39, 0.29) is 5.97 Å². The summed E-state index contributed by atoms with van der Waals surface area (Å²) in [7, 11) is -6.45. The van der Waals surface area contributed by atoms with Crippen LogP contribution in [0.15, 0.2) is 30.3 Å². The first-order valence-corrected chi connectivity index (χ1v) is 13.2. The maximum atomic E-state index is 11.7. The second-order valence-corrected chi connectivity index (χ2v) is 14.8. The van der Waals surface area contributed by atoms with Gasteiger partial charge in [-0.15, -0.1) is 0 Å². The molecule has 1 rings (SSSR count). The SMILES string of the molecule is COC(=O)C[N+](C)(C)C(c1ccccc1)[Si](C)(C)C.F[P-](F)(F)(F)(F)F. The molecule has 154 valence electrons. The van der Waals surface area contributed by atoms with Gasteiger partial charge in [-0.2, -0.15) is 0 Å². The Kier molecular flexibility index (Phi) is 6.82. The van der Waals surface area contributed by atoms with Crippen LogP contribution < -0.4 is 0 Å². The van der Waals surface area contributed by atoms with Gasteiger partial charge in [-0.25, -0.2) is 4.79 Å². The zero-order valence-corrected chi connectivity index (χ0v) is 17.5. The van der Waals surface area contributed by atoms with Crippen LogP contribution in [-0.4, -0.2) is 46.3 Å². The number of methoxy groups -OCH3 is 1. The summed E-state index contributed by atoms with van der Waals surface area (Å²) in [6.45, 7) is 7.45. The summed E-state index contributed by atoms with van der Waals surface area (Å²) >= 11 is 0. The molecule has 0 aliphatic heterocycles. The topological polar surface area (TPSA) is 26.3 Å². The summed E-state index contributed by atoms with van der Waals surface area (Å²) in [6, 6.07) is 10.5. The molecule has 0 aliphatic rings. The van der Waals surface area contributed by atoms with Gasteiger partial charge in [0.25, 0.3) is 0 Å². The monoisotopic (exact) mass is 425 g/mol. The molecule has 0 aliphatic carbocycles. The molecule has 3 nitrogen and oxygen atoms in total. The summed E-state index contributed by atoms with van der Waals surface area (Å²) in [5.74, 6) is -0.149. The molecule has 0 amide bonds. The molecule has 1 aromatic carbocycles. The summed E-state index contributed by atoms with van der Waals surface area (Å²) in [6.07, 6.45) is 0. The second-order valence-electron chi connectivity index (χ2n) is 7.65. The molecule has 0 spiro atoms. The average molecular weight is 425 g/mol. The number of carbonyl (C=O) groups excluding carboxylic acids is 1. The van der Waals surface area contributed by atoms with Gasteiger partial charge in [-0.1, -0.05) is 50.0 Å². The molecule has 0 bridgehead atoms. The van der Waals surface area contributed by atoms with Gasteiger partial charge in [-0.3, -0.25) is 0 Å². The number of benzene rings is 1. The average Bonchev–Trinajstić information content (AvgIpc) is 2.33. The predicted molar refractivity (Wildman–Crippen MR) is 95.1 cm³/mol. The first-order valence-electron chi connectivity index (χ1n) is 7.64. The van der Waals surface area contributed by atoms with Crippen molar-refractivity contribution < 1.29 is 39.2 Å². The van der Waals surface area contributed by atoms with Gasteiger partial charge in [0.1, 0.15) is 8.07 Å². The van der Waals surface area contributed by atoms with Gasteiger partial charge in [0.05, 0.1) is 26.9 Å². The fourth-order valence-electron chi connectivity index (χ4n) is 3.08. The predicted octanol–water partition coefficient (Wildman–Crippen LogP) is 6.24. The van der Waals surface area contributed by atoms with Crippen molar-refractivity contribution in [1.29, 1.82) is 0 Å². The van der Waals surface area contributed by atoms with Gasteiger partial charge in [0, 0.05) is 5.56 Å². The van der Waals surface area contributed by atoms with Crippen molar-refractivity contribution in [3.63, 3.8) is 0 Å². The van der Waals surface area contributed by atoms with Crippen LogP contribution in [0, 0.1) is 0 Å². The van der Waals surface area contributed by atoms with Crippen molar-refractivity contribution in [2.24, 2.45) is 0 Å². The molecule has 1 atom stereocenters. The normalized spacial score (nSPS) is 16.5. The van der Waals surface area contributed by atoms with Crippen molar-refractivity contribution in [3.05, 3.63) is 35.9 Å². The fourth-order valence-corrected chi connectivity index (χ4v) is 6.46. The molecule has 0 radical (unpaired) electrons. The van der Waals surface area contributed by atoms with Crippen molar-refractivity contribution in [3.8, 4) is 0 Å². The third kappa shape index (κ3) is 12.3. The van der Waals surface area contributed by atoms with Crippen LogP contribution in [0.1, 0.15) is 11.2 Å². The quantitative estimate of drug-likeness (QED) is 0.184. The molecule has 0 saturated carbocycles.